The van der Waals surface area contributed by atoms with Gasteiger partial charge in [0.15, 0.2) is 0 Å². The third-order valence-corrected chi connectivity index (χ3v) is 7.64. The molecule has 4 rings (SSSR count). The van der Waals surface area contributed by atoms with E-state index in [2.05, 4.69) is 10.6 Å². The molecule has 4 nitrogen and oxygen atoms in total. The van der Waals surface area contributed by atoms with E-state index in [1.165, 1.54) is 32.1 Å². The van der Waals surface area contributed by atoms with E-state index >= 15 is 0 Å². The van der Waals surface area contributed by atoms with Crippen molar-refractivity contribution in [3.05, 3.63) is 0 Å². The van der Waals surface area contributed by atoms with Gasteiger partial charge >= 0.3 is 6.03 Å². The molecule has 0 spiro atoms. The van der Waals surface area contributed by atoms with Gasteiger partial charge in [0.25, 0.3) is 0 Å². The van der Waals surface area contributed by atoms with Crippen LogP contribution in [0, 0.1) is 23.7 Å². The lowest BCUT2D eigenvalue weighted by Gasteiger charge is -2.32. The topological polar surface area (TPSA) is 61.4 Å². The van der Waals surface area contributed by atoms with Gasteiger partial charge in [0.1, 0.15) is 0 Å². The Hall–Kier alpha value is -0.420. The fourth-order valence-electron chi connectivity index (χ4n) is 5.43. The molecule has 6 unspecified atom stereocenters. The van der Waals surface area contributed by atoms with E-state index in [9.17, 15) is 9.90 Å². The van der Waals surface area contributed by atoms with Gasteiger partial charge in [-0.2, -0.15) is 11.8 Å². The third kappa shape index (κ3) is 2.56. The molecule has 6 atom stereocenters. The second-order valence-corrected chi connectivity index (χ2v) is 8.72. The number of hydrogen-bond acceptors (Lipinski definition) is 3. The van der Waals surface area contributed by atoms with Crippen LogP contribution in [-0.2, 0) is 0 Å². The maximum Gasteiger partial charge on any atom is 0.315 e. The molecule has 1 heterocycles. The molecule has 2 amide bonds. The van der Waals surface area contributed by atoms with E-state index in [-0.39, 0.29) is 6.03 Å². The van der Waals surface area contributed by atoms with Crippen LogP contribution in [0.2, 0.25) is 0 Å². The van der Waals surface area contributed by atoms with Crippen molar-refractivity contribution in [3.63, 3.8) is 0 Å². The first kappa shape index (κ1) is 14.2. The molecule has 1 saturated heterocycles. The van der Waals surface area contributed by atoms with Crippen LogP contribution in [0.1, 0.15) is 38.5 Å². The summed E-state index contributed by atoms with van der Waals surface area (Å²) in [4.78, 5) is 12.1. The molecule has 4 aliphatic rings. The normalized spacial score (nSPS) is 47.6. The number of hydrogen-bond donors (Lipinski definition) is 3. The van der Waals surface area contributed by atoms with E-state index in [0.29, 0.717) is 12.6 Å². The summed E-state index contributed by atoms with van der Waals surface area (Å²) in [5, 5.41) is 16.4. The largest absolute Gasteiger partial charge is 0.387 e. The van der Waals surface area contributed by atoms with Crippen LogP contribution >= 0.6 is 11.8 Å². The van der Waals surface area contributed by atoms with Crippen molar-refractivity contribution < 1.29 is 9.90 Å². The molecule has 21 heavy (non-hydrogen) atoms. The molecule has 3 saturated carbocycles. The van der Waals surface area contributed by atoms with Crippen molar-refractivity contribution in [2.24, 2.45) is 23.7 Å². The zero-order valence-electron chi connectivity index (χ0n) is 12.5. The molecule has 2 bridgehead atoms. The van der Waals surface area contributed by atoms with Crippen molar-refractivity contribution in [2.45, 2.75) is 50.2 Å². The average Bonchev–Trinajstić information content (AvgIpc) is 3.18. The number of nitrogens with one attached hydrogen (secondary N) is 2. The first-order valence-corrected chi connectivity index (χ1v) is 9.65. The van der Waals surface area contributed by atoms with E-state index in [0.717, 1.165) is 41.6 Å². The Bertz CT molecular complexity index is 425. The summed E-state index contributed by atoms with van der Waals surface area (Å²) < 4.78 is 0. The highest BCUT2D eigenvalue weighted by atomic mass is 32.2. The molecule has 3 aliphatic carbocycles. The quantitative estimate of drug-likeness (QED) is 0.747. The van der Waals surface area contributed by atoms with Crippen molar-refractivity contribution >= 4 is 17.8 Å². The average molecular weight is 310 g/mol. The van der Waals surface area contributed by atoms with E-state index in [1.807, 2.05) is 0 Å². The second-order valence-electron chi connectivity index (χ2n) is 7.61. The van der Waals surface area contributed by atoms with Gasteiger partial charge in [-0.3, -0.25) is 0 Å². The van der Waals surface area contributed by atoms with E-state index < -0.39 is 5.60 Å². The van der Waals surface area contributed by atoms with Crippen LogP contribution in [0.4, 0.5) is 4.79 Å². The molecule has 0 aromatic carbocycles. The Morgan fingerprint density at radius 1 is 1.24 bits per heavy atom. The summed E-state index contributed by atoms with van der Waals surface area (Å²) in [6.45, 7) is 0.388. The van der Waals surface area contributed by atoms with E-state index in [4.69, 9.17) is 0 Å². The molecule has 0 aromatic heterocycles. The molecular formula is C16H26N2O2S. The van der Waals surface area contributed by atoms with Crippen LogP contribution in [-0.4, -0.2) is 40.8 Å². The number of aliphatic hydroxyl groups is 1. The van der Waals surface area contributed by atoms with E-state index in [1.54, 1.807) is 11.8 Å². The van der Waals surface area contributed by atoms with Gasteiger partial charge in [-0.1, -0.05) is 6.42 Å². The molecular weight excluding hydrogens is 284 g/mol. The first-order valence-electron chi connectivity index (χ1n) is 8.49. The Morgan fingerprint density at radius 3 is 2.90 bits per heavy atom. The summed E-state index contributed by atoms with van der Waals surface area (Å²) in [6.07, 6.45) is 7.50. The number of urea groups is 1. The zero-order chi connectivity index (χ0) is 14.4. The summed E-state index contributed by atoms with van der Waals surface area (Å²) >= 11 is 1.76. The Balaban J connectivity index is 1.28. The van der Waals surface area contributed by atoms with Crippen molar-refractivity contribution in [1.29, 1.82) is 0 Å². The third-order valence-electron chi connectivity index (χ3n) is 6.41. The minimum Gasteiger partial charge on any atom is -0.387 e. The highest BCUT2D eigenvalue weighted by Gasteiger charge is 2.54. The Labute approximate surface area is 130 Å². The van der Waals surface area contributed by atoms with Gasteiger partial charge < -0.3 is 15.7 Å². The van der Waals surface area contributed by atoms with Crippen molar-refractivity contribution in [2.75, 3.05) is 18.1 Å². The van der Waals surface area contributed by atoms with Gasteiger partial charge in [-0.25, -0.2) is 4.79 Å². The first-order chi connectivity index (χ1) is 10.1. The predicted molar refractivity (Wildman–Crippen MR) is 84.3 cm³/mol. The van der Waals surface area contributed by atoms with Crippen LogP contribution in [0.15, 0.2) is 0 Å². The van der Waals surface area contributed by atoms with Gasteiger partial charge in [0.05, 0.1) is 5.60 Å². The summed E-state index contributed by atoms with van der Waals surface area (Å²) in [5.41, 5.74) is -0.687. The zero-order valence-corrected chi connectivity index (χ0v) is 13.3. The lowest BCUT2D eigenvalue weighted by molar-refractivity contribution is 0.0696. The van der Waals surface area contributed by atoms with Crippen LogP contribution in [0.25, 0.3) is 0 Å². The Morgan fingerprint density at radius 2 is 2.10 bits per heavy atom. The minimum atomic E-state index is -0.687. The van der Waals surface area contributed by atoms with Gasteiger partial charge in [0.2, 0.25) is 0 Å². The maximum atomic E-state index is 12.1. The molecule has 0 aromatic rings. The number of fused-ring (bicyclic) bond motifs is 5. The van der Waals surface area contributed by atoms with Crippen LogP contribution < -0.4 is 10.6 Å². The number of carbonyl (C=O) groups is 1. The summed E-state index contributed by atoms with van der Waals surface area (Å²) in [7, 11) is 0. The number of carbonyl (C=O) groups excluding carboxylic acids is 1. The SMILES string of the molecule is O=C(NCC1(O)CCSC1)NC1CC2CC1C1CCCC21. The van der Waals surface area contributed by atoms with Crippen molar-refractivity contribution in [1.82, 2.24) is 10.6 Å². The van der Waals surface area contributed by atoms with Gasteiger partial charge in [0, 0.05) is 18.3 Å². The number of amides is 2. The highest BCUT2D eigenvalue weighted by molar-refractivity contribution is 7.99. The fourth-order valence-corrected chi connectivity index (χ4v) is 6.73. The maximum absolute atomic E-state index is 12.1. The highest BCUT2D eigenvalue weighted by Crippen LogP contribution is 2.58. The van der Waals surface area contributed by atoms with Gasteiger partial charge in [-0.15, -0.1) is 0 Å². The molecule has 118 valence electrons. The molecule has 1 aliphatic heterocycles. The van der Waals surface area contributed by atoms with Crippen LogP contribution in [0.3, 0.4) is 0 Å². The fraction of sp³-hybridized carbons (Fsp3) is 0.938. The summed E-state index contributed by atoms with van der Waals surface area (Å²) in [6, 6.07) is 0.300. The number of rotatable bonds is 3. The smallest absolute Gasteiger partial charge is 0.315 e. The summed E-state index contributed by atoms with van der Waals surface area (Å²) in [5.74, 6) is 5.17. The van der Waals surface area contributed by atoms with Gasteiger partial charge in [-0.05, 0) is 61.5 Å². The molecule has 3 N–H and O–H groups in total. The monoisotopic (exact) mass is 310 g/mol. The molecule has 5 heteroatoms. The lowest BCUT2D eigenvalue weighted by Crippen LogP contribution is -2.51. The molecule has 4 fully saturated rings. The minimum absolute atomic E-state index is 0.0765. The molecule has 0 radical (unpaired) electrons. The second kappa shape index (κ2) is 5.34. The lowest BCUT2D eigenvalue weighted by atomic mass is 9.79. The standard InChI is InChI=1S/C16H26N2O2S/c19-15(17-8-16(20)4-5-21-9-16)18-14-7-10-6-13(14)12-3-1-2-11(10)12/h10-14,20H,1-9H2,(H2,17,18,19). The number of thioether (sulfide) groups is 1. The Kier molecular flexibility index (Phi) is 3.61. The van der Waals surface area contributed by atoms with Crippen molar-refractivity contribution in [3.8, 4) is 0 Å². The van der Waals surface area contributed by atoms with Crippen LogP contribution in [0.5, 0.6) is 0 Å². The predicted octanol–water partition coefficient (Wildman–Crippen LogP) is 1.98.